The Bertz CT molecular complexity index is 1350. The lowest BCUT2D eigenvalue weighted by Gasteiger charge is -2.32. The van der Waals surface area contributed by atoms with Gasteiger partial charge < -0.3 is 15.0 Å². The highest BCUT2D eigenvalue weighted by molar-refractivity contribution is 5.90. The van der Waals surface area contributed by atoms with Crippen LogP contribution in [-0.2, 0) is 22.6 Å². The van der Waals surface area contributed by atoms with E-state index in [0.717, 1.165) is 16.3 Å². The summed E-state index contributed by atoms with van der Waals surface area (Å²) in [6.45, 7) is 3.38. The summed E-state index contributed by atoms with van der Waals surface area (Å²) >= 11 is 0. The highest BCUT2D eigenvalue weighted by atomic mass is 19.1. The summed E-state index contributed by atoms with van der Waals surface area (Å²) in [7, 11) is 0. The van der Waals surface area contributed by atoms with Gasteiger partial charge in [-0.1, -0.05) is 84.9 Å². The van der Waals surface area contributed by atoms with Crippen LogP contribution in [-0.4, -0.2) is 35.4 Å². The van der Waals surface area contributed by atoms with Crippen LogP contribution in [0.3, 0.4) is 0 Å². The van der Waals surface area contributed by atoms with Crippen LogP contribution in [0.1, 0.15) is 25.0 Å². The Hall–Kier alpha value is -4.19. The summed E-state index contributed by atoms with van der Waals surface area (Å²) in [6.07, 6.45) is 0.286. The van der Waals surface area contributed by atoms with Crippen LogP contribution in [0.2, 0.25) is 0 Å². The van der Waals surface area contributed by atoms with E-state index in [1.807, 2.05) is 86.6 Å². The number of ether oxygens (including phenoxy) is 1. The van der Waals surface area contributed by atoms with Crippen molar-refractivity contribution in [3.63, 3.8) is 0 Å². The lowest BCUT2D eigenvalue weighted by molar-refractivity contribution is -0.143. The van der Waals surface area contributed by atoms with Crippen LogP contribution in [0.4, 0.5) is 4.39 Å². The molecule has 0 fully saturated rings. The average Bonchev–Trinajstić information content (AvgIpc) is 2.90. The number of halogens is 1. The molecule has 0 aromatic heterocycles. The number of benzene rings is 4. The summed E-state index contributed by atoms with van der Waals surface area (Å²) in [5.74, 6) is -0.564. The van der Waals surface area contributed by atoms with Gasteiger partial charge in [-0.2, -0.15) is 0 Å². The topological polar surface area (TPSA) is 58.6 Å². The molecule has 0 radical (unpaired) electrons. The maximum Gasteiger partial charge on any atom is 0.261 e. The van der Waals surface area contributed by atoms with Crippen molar-refractivity contribution in [1.82, 2.24) is 10.2 Å². The second kappa shape index (κ2) is 12.2. The predicted octanol–water partition coefficient (Wildman–Crippen LogP) is 5.52. The van der Waals surface area contributed by atoms with E-state index >= 15 is 0 Å². The summed E-state index contributed by atoms with van der Waals surface area (Å²) in [5.41, 5.74) is 1.23. The molecule has 6 heteroatoms. The fourth-order valence-corrected chi connectivity index (χ4v) is 4.29. The summed E-state index contributed by atoms with van der Waals surface area (Å²) in [6, 6.07) is 28.2. The largest absolute Gasteiger partial charge is 0.483 e. The third-order valence-electron chi connectivity index (χ3n) is 6.10. The molecule has 190 valence electrons. The minimum Gasteiger partial charge on any atom is -0.483 e. The first-order valence-corrected chi connectivity index (χ1v) is 12.4. The fraction of sp³-hybridized carbons (Fsp3) is 0.226. The van der Waals surface area contributed by atoms with Gasteiger partial charge in [0.2, 0.25) is 5.91 Å². The SMILES string of the molecule is CC(C)NC(=O)[C@H](Cc1ccccc1)N(Cc1ccccc1F)C(=O)COc1cccc2ccccc12. The molecule has 1 atom stereocenters. The number of hydrogen-bond donors (Lipinski definition) is 1. The molecule has 0 heterocycles. The van der Waals surface area contributed by atoms with Crippen molar-refractivity contribution >= 4 is 22.6 Å². The number of rotatable bonds is 10. The number of nitrogens with one attached hydrogen (secondary N) is 1. The summed E-state index contributed by atoms with van der Waals surface area (Å²) in [5, 5.41) is 4.81. The normalized spacial score (nSPS) is 11.8. The highest BCUT2D eigenvalue weighted by Crippen LogP contribution is 2.25. The Balaban J connectivity index is 1.65. The van der Waals surface area contributed by atoms with Gasteiger partial charge in [0.05, 0.1) is 0 Å². The van der Waals surface area contributed by atoms with E-state index < -0.39 is 17.8 Å². The molecule has 0 spiro atoms. The molecule has 4 aromatic carbocycles. The number of nitrogens with zero attached hydrogens (tertiary/aromatic N) is 1. The maximum atomic E-state index is 14.7. The Morgan fingerprint density at radius 2 is 1.54 bits per heavy atom. The predicted molar refractivity (Wildman–Crippen MR) is 144 cm³/mol. The number of hydrogen-bond acceptors (Lipinski definition) is 3. The molecule has 5 nitrogen and oxygen atoms in total. The molecule has 0 saturated heterocycles. The van der Waals surface area contributed by atoms with Gasteiger partial charge in [0.1, 0.15) is 17.6 Å². The molecule has 0 aliphatic rings. The van der Waals surface area contributed by atoms with Crippen molar-refractivity contribution in [1.29, 1.82) is 0 Å². The first kappa shape index (κ1) is 25.9. The Morgan fingerprint density at radius 3 is 2.30 bits per heavy atom. The van der Waals surface area contributed by atoms with E-state index in [1.54, 1.807) is 18.2 Å². The minimum atomic E-state index is -0.854. The molecule has 0 saturated carbocycles. The van der Waals surface area contributed by atoms with Crippen LogP contribution in [0.15, 0.2) is 97.1 Å². The van der Waals surface area contributed by atoms with Crippen LogP contribution < -0.4 is 10.1 Å². The standard InChI is InChI=1S/C31H31FN2O3/c1-22(2)33-31(36)28(19-23-11-4-3-5-12-23)34(20-25-14-7-9-17-27(25)32)30(35)21-37-29-18-10-15-24-13-6-8-16-26(24)29/h3-18,22,28H,19-21H2,1-2H3,(H,33,36)/t28-/m0/s1. The molecule has 4 aromatic rings. The van der Waals surface area contributed by atoms with Gasteiger partial charge in [0, 0.05) is 30.0 Å². The van der Waals surface area contributed by atoms with Gasteiger partial charge in [0.15, 0.2) is 6.61 Å². The van der Waals surface area contributed by atoms with E-state index in [-0.39, 0.29) is 31.5 Å². The first-order valence-electron chi connectivity index (χ1n) is 12.4. The van der Waals surface area contributed by atoms with Gasteiger partial charge in [-0.25, -0.2) is 4.39 Å². The van der Waals surface area contributed by atoms with Crippen molar-refractivity contribution in [3.05, 3.63) is 114 Å². The second-order valence-electron chi connectivity index (χ2n) is 9.25. The smallest absolute Gasteiger partial charge is 0.261 e. The van der Waals surface area contributed by atoms with E-state index in [4.69, 9.17) is 4.74 Å². The van der Waals surface area contributed by atoms with Crippen LogP contribution in [0, 0.1) is 5.82 Å². The Morgan fingerprint density at radius 1 is 0.865 bits per heavy atom. The molecular weight excluding hydrogens is 467 g/mol. The lowest BCUT2D eigenvalue weighted by Crippen LogP contribution is -2.53. The molecule has 4 rings (SSSR count). The van der Waals surface area contributed by atoms with Crippen molar-refractivity contribution in [3.8, 4) is 5.75 Å². The number of fused-ring (bicyclic) bond motifs is 1. The second-order valence-corrected chi connectivity index (χ2v) is 9.25. The third kappa shape index (κ3) is 6.73. The fourth-order valence-electron chi connectivity index (χ4n) is 4.29. The minimum absolute atomic E-state index is 0.0621. The maximum absolute atomic E-state index is 14.7. The Labute approximate surface area is 216 Å². The molecule has 0 bridgehead atoms. The van der Waals surface area contributed by atoms with Crippen molar-refractivity contribution < 1.29 is 18.7 Å². The summed E-state index contributed by atoms with van der Waals surface area (Å²) < 4.78 is 20.6. The quantitative estimate of drug-likeness (QED) is 0.313. The van der Waals surface area contributed by atoms with Crippen molar-refractivity contribution in [2.75, 3.05) is 6.61 Å². The van der Waals surface area contributed by atoms with Gasteiger partial charge >= 0.3 is 0 Å². The third-order valence-corrected chi connectivity index (χ3v) is 6.10. The first-order chi connectivity index (χ1) is 17.9. The molecular formula is C31H31FN2O3. The number of carbonyl (C=O) groups excluding carboxylic acids is 2. The molecule has 2 amide bonds. The van der Waals surface area contributed by atoms with E-state index in [0.29, 0.717) is 11.3 Å². The lowest BCUT2D eigenvalue weighted by atomic mass is 10.0. The average molecular weight is 499 g/mol. The summed E-state index contributed by atoms with van der Waals surface area (Å²) in [4.78, 5) is 28.5. The zero-order valence-corrected chi connectivity index (χ0v) is 21.1. The molecule has 1 N–H and O–H groups in total. The number of amides is 2. The van der Waals surface area contributed by atoms with Gasteiger partial charge in [0.25, 0.3) is 5.91 Å². The molecule has 0 aliphatic carbocycles. The van der Waals surface area contributed by atoms with Gasteiger partial charge in [-0.15, -0.1) is 0 Å². The van der Waals surface area contributed by atoms with E-state index in [2.05, 4.69) is 5.32 Å². The van der Waals surface area contributed by atoms with Crippen molar-refractivity contribution in [2.45, 2.75) is 38.9 Å². The van der Waals surface area contributed by atoms with Crippen LogP contribution in [0.5, 0.6) is 5.75 Å². The molecule has 37 heavy (non-hydrogen) atoms. The van der Waals surface area contributed by atoms with E-state index in [9.17, 15) is 14.0 Å². The molecule has 0 unspecified atom stereocenters. The number of carbonyl (C=O) groups is 2. The van der Waals surface area contributed by atoms with Crippen molar-refractivity contribution in [2.24, 2.45) is 0 Å². The van der Waals surface area contributed by atoms with Gasteiger partial charge in [-0.05, 0) is 36.9 Å². The molecule has 0 aliphatic heterocycles. The van der Waals surface area contributed by atoms with E-state index in [1.165, 1.54) is 11.0 Å². The van der Waals surface area contributed by atoms with Crippen LogP contribution in [0.25, 0.3) is 10.8 Å². The monoisotopic (exact) mass is 498 g/mol. The Kier molecular flexibility index (Phi) is 8.52. The van der Waals surface area contributed by atoms with Gasteiger partial charge in [-0.3, -0.25) is 9.59 Å². The van der Waals surface area contributed by atoms with Crippen LogP contribution >= 0.6 is 0 Å². The zero-order chi connectivity index (χ0) is 26.2. The highest BCUT2D eigenvalue weighted by Gasteiger charge is 2.31. The zero-order valence-electron chi connectivity index (χ0n) is 21.1.